The summed E-state index contributed by atoms with van der Waals surface area (Å²) >= 11 is 0. The van der Waals surface area contributed by atoms with Crippen LogP contribution in [0.2, 0.25) is 0 Å². The largest absolute Gasteiger partial charge is 0.383 e. The van der Waals surface area contributed by atoms with Crippen molar-refractivity contribution in [1.29, 1.82) is 0 Å². The summed E-state index contributed by atoms with van der Waals surface area (Å²) in [7, 11) is 1.68. The number of ether oxygens (including phenoxy) is 1. The van der Waals surface area contributed by atoms with Crippen molar-refractivity contribution in [1.82, 2.24) is 5.32 Å². The first-order chi connectivity index (χ1) is 10.0. The Balaban J connectivity index is 3.21. The van der Waals surface area contributed by atoms with Crippen molar-refractivity contribution in [3.8, 4) is 0 Å². The molecule has 0 aliphatic carbocycles. The van der Waals surface area contributed by atoms with Gasteiger partial charge in [0.15, 0.2) is 0 Å². The molecule has 0 aliphatic rings. The number of halogens is 1. The van der Waals surface area contributed by atoms with E-state index in [0.29, 0.717) is 18.7 Å². The number of hydrogen-bond acceptors (Lipinski definition) is 3. The first-order valence-electron chi connectivity index (χ1n) is 7.43. The van der Waals surface area contributed by atoms with Gasteiger partial charge >= 0.3 is 0 Å². The van der Waals surface area contributed by atoms with Crippen LogP contribution in [0.5, 0.6) is 0 Å². The molecule has 1 aromatic carbocycles. The fraction of sp³-hybridized carbons (Fsp3) is 0.529. The van der Waals surface area contributed by atoms with Gasteiger partial charge in [-0.2, -0.15) is 0 Å². The van der Waals surface area contributed by atoms with Crippen molar-refractivity contribution in [3.05, 3.63) is 41.7 Å². The molecule has 1 unspecified atom stereocenters. The molecular formula is C17H27FN2O. The second kappa shape index (κ2) is 8.80. The number of nitrogens with one attached hydrogen (secondary N) is 1. The Labute approximate surface area is 127 Å². The van der Waals surface area contributed by atoms with Gasteiger partial charge in [0.1, 0.15) is 5.82 Å². The van der Waals surface area contributed by atoms with Gasteiger partial charge in [-0.1, -0.05) is 13.0 Å². The fourth-order valence-corrected chi connectivity index (χ4v) is 2.39. The molecule has 3 nitrogen and oxygen atoms in total. The summed E-state index contributed by atoms with van der Waals surface area (Å²) in [5, 5.41) is 3.35. The Kier molecular flexibility index (Phi) is 7.40. The quantitative estimate of drug-likeness (QED) is 0.706. The molecule has 1 rings (SSSR count). The fourth-order valence-electron chi connectivity index (χ4n) is 2.39. The summed E-state index contributed by atoms with van der Waals surface area (Å²) in [5.74, 6) is -0.163. The highest BCUT2D eigenvalue weighted by Gasteiger charge is 2.17. The van der Waals surface area contributed by atoms with Crippen molar-refractivity contribution in [2.45, 2.75) is 26.8 Å². The van der Waals surface area contributed by atoms with Crippen LogP contribution in [0.25, 0.3) is 0 Å². The predicted octanol–water partition coefficient (Wildman–Crippen LogP) is 3.44. The van der Waals surface area contributed by atoms with Crippen LogP contribution in [0.1, 0.15) is 31.0 Å². The molecule has 0 saturated carbocycles. The Bertz CT molecular complexity index is 462. The zero-order chi connectivity index (χ0) is 15.8. The molecule has 0 spiro atoms. The molecule has 0 saturated heterocycles. The first-order valence-corrected chi connectivity index (χ1v) is 7.43. The highest BCUT2D eigenvalue weighted by atomic mass is 19.1. The Morgan fingerprint density at radius 2 is 2.19 bits per heavy atom. The van der Waals surface area contributed by atoms with Crippen molar-refractivity contribution < 1.29 is 9.13 Å². The molecule has 0 radical (unpaired) electrons. The standard InChI is InChI=1S/C17H27FN2O/c1-6-8-20(9-10-21-5)17-11-13(3)16(18)12-15(17)14(4)19-7-2/h6,11-12,14,19H,1,7-10H2,2-5H3. The van der Waals surface area contributed by atoms with Crippen LogP contribution in [0, 0.1) is 12.7 Å². The number of methoxy groups -OCH3 is 1. The van der Waals surface area contributed by atoms with Gasteiger partial charge < -0.3 is 15.0 Å². The molecule has 1 atom stereocenters. The lowest BCUT2D eigenvalue weighted by Crippen LogP contribution is -2.30. The van der Waals surface area contributed by atoms with Crippen LogP contribution in [-0.2, 0) is 4.74 Å². The van der Waals surface area contributed by atoms with Crippen LogP contribution in [-0.4, -0.2) is 33.4 Å². The molecule has 0 bridgehead atoms. The van der Waals surface area contributed by atoms with Crippen LogP contribution in [0.4, 0.5) is 10.1 Å². The zero-order valence-corrected chi connectivity index (χ0v) is 13.6. The summed E-state index contributed by atoms with van der Waals surface area (Å²) in [6, 6.07) is 3.65. The second-order valence-corrected chi connectivity index (χ2v) is 5.17. The van der Waals surface area contributed by atoms with Crippen molar-refractivity contribution in [2.24, 2.45) is 0 Å². The van der Waals surface area contributed by atoms with Gasteiger partial charge in [0, 0.05) is 31.9 Å². The molecule has 0 aliphatic heterocycles. The van der Waals surface area contributed by atoms with Crippen LogP contribution in [0.3, 0.4) is 0 Å². The third kappa shape index (κ3) is 4.83. The van der Waals surface area contributed by atoms with E-state index in [0.717, 1.165) is 24.3 Å². The summed E-state index contributed by atoms with van der Waals surface area (Å²) in [6.07, 6.45) is 1.86. The SMILES string of the molecule is C=CCN(CCOC)c1cc(C)c(F)cc1C(C)NCC. The highest BCUT2D eigenvalue weighted by Crippen LogP contribution is 2.29. The lowest BCUT2D eigenvalue weighted by molar-refractivity contribution is 0.205. The van der Waals surface area contributed by atoms with Gasteiger partial charge in [-0.05, 0) is 43.7 Å². The van der Waals surface area contributed by atoms with Gasteiger partial charge in [-0.15, -0.1) is 6.58 Å². The topological polar surface area (TPSA) is 24.5 Å². The number of rotatable bonds is 9. The molecule has 4 heteroatoms. The average molecular weight is 294 g/mol. The number of hydrogen-bond donors (Lipinski definition) is 1. The maximum Gasteiger partial charge on any atom is 0.126 e. The van der Waals surface area contributed by atoms with E-state index in [1.54, 1.807) is 20.1 Å². The third-order valence-electron chi connectivity index (χ3n) is 3.54. The molecule has 21 heavy (non-hydrogen) atoms. The number of anilines is 1. The minimum atomic E-state index is -0.163. The van der Waals surface area contributed by atoms with E-state index in [4.69, 9.17) is 4.74 Å². The van der Waals surface area contributed by atoms with Gasteiger partial charge in [0.25, 0.3) is 0 Å². The lowest BCUT2D eigenvalue weighted by atomic mass is 10.0. The summed E-state index contributed by atoms with van der Waals surface area (Å²) < 4.78 is 19.1. The Hall–Kier alpha value is -1.39. The summed E-state index contributed by atoms with van der Waals surface area (Å²) in [5.41, 5.74) is 2.67. The smallest absolute Gasteiger partial charge is 0.126 e. The lowest BCUT2D eigenvalue weighted by Gasteiger charge is -2.28. The van der Waals surface area contributed by atoms with E-state index in [1.165, 1.54) is 0 Å². The van der Waals surface area contributed by atoms with Gasteiger partial charge in [0.2, 0.25) is 0 Å². The molecular weight excluding hydrogens is 267 g/mol. The van der Waals surface area contributed by atoms with E-state index in [-0.39, 0.29) is 11.9 Å². The monoisotopic (exact) mass is 294 g/mol. The number of benzene rings is 1. The summed E-state index contributed by atoms with van der Waals surface area (Å²) in [6.45, 7) is 12.6. The van der Waals surface area contributed by atoms with Crippen molar-refractivity contribution >= 4 is 5.69 Å². The Morgan fingerprint density at radius 1 is 1.48 bits per heavy atom. The highest BCUT2D eigenvalue weighted by molar-refractivity contribution is 5.57. The maximum atomic E-state index is 14.0. The minimum Gasteiger partial charge on any atom is -0.383 e. The second-order valence-electron chi connectivity index (χ2n) is 5.17. The molecule has 0 fully saturated rings. The van der Waals surface area contributed by atoms with E-state index in [2.05, 4.69) is 23.7 Å². The minimum absolute atomic E-state index is 0.0926. The van der Waals surface area contributed by atoms with Crippen LogP contribution < -0.4 is 10.2 Å². The van der Waals surface area contributed by atoms with E-state index in [9.17, 15) is 4.39 Å². The van der Waals surface area contributed by atoms with Gasteiger partial charge in [-0.25, -0.2) is 4.39 Å². The van der Waals surface area contributed by atoms with Crippen molar-refractivity contribution in [3.63, 3.8) is 0 Å². The average Bonchev–Trinajstić information content (AvgIpc) is 2.46. The zero-order valence-electron chi connectivity index (χ0n) is 13.6. The summed E-state index contributed by atoms with van der Waals surface area (Å²) in [4.78, 5) is 2.17. The maximum absolute atomic E-state index is 14.0. The molecule has 0 amide bonds. The molecule has 118 valence electrons. The molecule has 0 heterocycles. The van der Waals surface area contributed by atoms with Crippen LogP contribution in [0.15, 0.2) is 24.8 Å². The normalized spacial score (nSPS) is 12.2. The van der Waals surface area contributed by atoms with E-state index < -0.39 is 0 Å². The van der Waals surface area contributed by atoms with Gasteiger partial charge in [0.05, 0.1) is 6.61 Å². The van der Waals surface area contributed by atoms with Crippen LogP contribution >= 0.6 is 0 Å². The molecule has 0 aromatic heterocycles. The van der Waals surface area contributed by atoms with E-state index in [1.807, 2.05) is 19.1 Å². The predicted molar refractivity (Wildman–Crippen MR) is 87.5 cm³/mol. The van der Waals surface area contributed by atoms with Gasteiger partial charge in [-0.3, -0.25) is 0 Å². The Morgan fingerprint density at radius 3 is 2.76 bits per heavy atom. The van der Waals surface area contributed by atoms with E-state index >= 15 is 0 Å². The molecule has 1 N–H and O–H groups in total. The molecule has 1 aromatic rings. The first kappa shape index (κ1) is 17.7. The third-order valence-corrected chi connectivity index (χ3v) is 3.54. The number of nitrogens with zero attached hydrogens (tertiary/aromatic N) is 1. The van der Waals surface area contributed by atoms with Crippen molar-refractivity contribution in [2.75, 3.05) is 38.3 Å². The number of aryl methyl sites for hydroxylation is 1.